The van der Waals surface area contributed by atoms with Crippen molar-refractivity contribution in [1.29, 1.82) is 0 Å². The Morgan fingerprint density at radius 1 is 0.824 bits per heavy atom. The van der Waals surface area contributed by atoms with Crippen molar-refractivity contribution in [3.8, 4) is 0 Å². The second-order valence-electron chi connectivity index (χ2n) is 7.80. The van der Waals surface area contributed by atoms with Gasteiger partial charge in [-0.15, -0.1) is 0 Å². The fraction of sp³-hybridized carbons (Fsp3) is 0.231. The van der Waals surface area contributed by atoms with Gasteiger partial charge in [0.25, 0.3) is 15.9 Å². The molecule has 3 aromatic rings. The van der Waals surface area contributed by atoms with Crippen molar-refractivity contribution in [3.05, 3.63) is 90.5 Å². The molecule has 0 unspecified atom stereocenters. The zero-order valence-corrected chi connectivity index (χ0v) is 20.2. The molecule has 3 rings (SSSR count). The maximum absolute atomic E-state index is 13.1. The molecule has 34 heavy (non-hydrogen) atoms. The van der Waals surface area contributed by atoms with Crippen LogP contribution < -0.4 is 9.21 Å². The van der Waals surface area contributed by atoms with Gasteiger partial charge in [0, 0.05) is 18.3 Å². The number of hydrogen-bond acceptors (Lipinski definition) is 5. The number of carbonyl (C=O) groups excluding carboxylic acids is 2. The largest absolute Gasteiger partial charge is 0.452 e. The molecule has 0 aromatic heterocycles. The van der Waals surface area contributed by atoms with Crippen LogP contribution in [0.5, 0.6) is 0 Å². The number of para-hydroxylation sites is 2. The van der Waals surface area contributed by atoms with Crippen LogP contribution in [0, 0.1) is 0 Å². The van der Waals surface area contributed by atoms with E-state index in [2.05, 4.69) is 0 Å². The van der Waals surface area contributed by atoms with Gasteiger partial charge >= 0.3 is 5.97 Å². The Hall–Kier alpha value is -3.65. The topological polar surface area (TPSA) is 84.0 Å². The predicted octanol–water partition coefficient (Wildman–Crippen LogP) is 4.50. The number of amides is 1. The smallest absolute Gasteiger partial charge is 0.338 e. The molecule has 0 aliphatic heterocycles. The minimum atomic E-state index is -3.80. The van der Waals surface area contributed by atoms with Crippen molar-refractivity contribution in [2.45, 2.75) is 31.7 Å². The molecule has 0 aliphatic rings. The summed E-state index contributed by atoms with van der Waals surface area (Å²) < 4.78 is 32.7. The molecule has 3 aromatic carbocycles. The van der Waals surface area contributed by atoms with Gasteiger partial charge in [-0.3, -0.25) is 9.10 Å². The first-order valence-corrected chi connectivity index (χ1v) is 12.4. The number of rotatable bonds is 9. The molecule has 0 spiro atoms. The third-order valence-corrected chi connectivity index (χ3v) is 7.07. The van der Waals surface area contributed by atoms with Crippen LogP contribution in [0.1, 0.15) is 31.1 Å². The molecule has 1 amide bonds. The minimum absolute atomic E-state index is 0.0564. The molecule has 8 heteroatoms. The van der Waals surface area contributed by atoms with Crippen molar-refractivity contribution in [2.24, 2.45) is 0 Å². The number of anilines is 2. The van der Waals surface area contributed by atoms with E-state index in [0.717, 1.165) is 0 Å². The van der Waals surface area contributed by atoms with E-state index < -0.39 is 22.6 Å². The van der Waals surface area contributed by atoms with E-state index in [-0.39, 0.29) is 29.0 Å². The average Bonchev–Trinajstić information content (AvgIpc) is 2.84. The highest BCUT2D eigenvalue weighted by atomic mass is 32.2. The SMILES string of the molecule is CCN(c1ccccc1)S(=O)(=O)c1ccc(C(=O)OCC(=O)N(c2ccccc2)C(C)C)cc1. The van der Waals surface area contributed by atoms with Crippen LogP contribution in [-0.2, 0) is 19.6 Å². The lowest BCUT2D eigenvalue weighted by Crippen LogP contribution is -2.39. The molecule has 0 bridgehead atoms. The highest BCUT2D eigenvalue weighted by Gasteiger charge is 2.24. The summed E-state index contributed by atoms with van der Waals surface area (Å²) in [4.78, 5) is 26.8. The Balaban J connectivity index is 1.69. The first-order chi connectivity index (χ1) is 16.3. The summed E-state index contributed by atoms with van der Waals surface area (Å²) in [5.41, 5.74) is 1.43. The van der Waals surface area contributed by atoms with Gasteiger partial charge in [-0.05, 0) is 69.3 Å². The van der Waals surface area contributed by atoms with Crippen molar-refractivity contribution in [1.82, 2.24) is 0 Å². The Bertz CT molecular complexity index is 1210. The fourth-order valence-electron chi connectivity index (χ4n) is 3.57. The Morgan fingerprint density at radius 3 is 1.85 bits per heavy atom. The van der Waals surface area contributed by atoms with Gasteiger partial charge in [0.1, 0.15) is 0 Å². The van der Waals surface area contributed by atoms with Crippen molar-refractivity contribution < 1.29 is 22.7 Å². The van der Waals surface area contributed by atoms with Gasteiger partial charge in [0.15, 0.2) is 6.61 Å². The third kappa shape index (κ3) is 5.63. The number of nitrogens with zero attached hydrogens (tertiary/aromatic N) is 2. The van der Waals surface area contributed by atoms with E-state index in [0.29, 0.717) is 11.4 Å². The molecule has 0 atom stereocenters. The zero-order chi connectivity index (χ0) is 24.7. The first kappa shape index (κ1) is 25.0. The second kappa shape index (κ2) is 11.0. The Labute approximate surface area is 200 Å². The Morgan fingerprint density at radius 2 is 1.35 bits per heavy atom. The average molecular weight is 481 g/mol. The second-order valence-corrected chi connectivity index (χ2v) is 9.66. The van der Waals surface area contributed by atoms with Gasteiger partial charge in [0.05, 0.1) is 16.1 Å². The standard InChI is InChI=1S/C26H28N2O5S/c1-4-27(22-11-7-5-8-12-22)34(31,32)24-17-15-21(16-18-24)26(30)33-19-25(29)28(20(2)3)23-13-9-6-10-14-23/h5-18,20H,4,19H2,1-3H3. The first-order valence-electron chi connectivity index (χ1n) is 11.0. The fourth-order valence-corrected chi connectivity index (χ4v) is 5.05. The number of esters is 1. The molecule has 0 fully saturated rings. The maximum atomic E-state index is 13.1. The lowest BCUT2D eigenvalue weighted by Gasteiger charge is -2.26. The van der Waals surface area contributed by atoms with Gasteiger partial charge in [-0.25, -0.2) is 13.2 Å². The normalized spacial score (nSPS) is 11.2. The number of ether oxygens (including phenoxy) is 1. The van der Waals surface area contributed by atoms with E-state index in [4.69, 9.17) is 4.74 Å². The molecule has 0 saturated carbocycles. The summed E-state index contributed by atoms with van der Waals surface area (Å²) >= 11 is 0. The lowest BCUT2D eigenvalue weighted by molar-refractivity contribution is -0.122. The van der Waals surface area contributed by atoms with Crippen LogP contribution in [0.2, 0.25) is 0 Å². The number of hydrogen-bond donors (Lipinski definition) is 0. The molecule has 0 aliphatic carbocycles. The van der Waals surface area contributed by atoms with Crippen molar-refractivity contribution in [2.75, 3.05) is 22.4 Å². The highest BCUT2D eigenvalue weighted by Crippen LogP contribution is 2.23. The van der Waals surface area contributed by atoms with Crippen LogP contribution in [-0.4, -0.2) is 39.5 Å². The molecule has 0 N–H and O–H groups in total. The Kier molecular flexibility index (Phi) is 8.07. The van der Waals surface area contributed by atoms with E-state index in [1.165, 1.54) is 28.6 Å². The highest BCUT2D eigenvalue weighted by molar-refractivity contribution is 7.92. The summed E-state index contributed by atoms with van der Waals surface area (Å²) in [6, 6.07) is 23.3. The van der Waals surface area contributed by atoms with Crippen LogP contribution in [0.3, 0.4) is 0 Å². The summed E-state index contributed by atoms with van der Waals surface area (Å²) in [5, 5.41) is 0. The van der Waals surface area contributed by atoms with Crippen LogP contribution >= 0.6 is 0 Å². The van der Waals surface area contributed by atoms with Crippen LogP contribution in [0.25, 0.3) is 0 Å². The van der Waals surface area contributed by atoms with E-state index in [9.17, 15) is 18.0 Å². The third-order valence-electron chi connectivity index (χ3n) is 5.16. The summed E-state index contributed by atoms with van der Waals surface area (Å²) in [6.45, 7) is 5.33. The lowest BCUT2D eigenvalue weighted by atomic mass is 10.2. The van der Waals surface area contributed by atoms with Gasteiger partial charge in [-0.1, -0.05) is 36.4 Å². The molecular weight excluding hydrogens is 452 g/mol. The molecule has 0 heterocycles. The molecule has 0 saturated heterocycles. The summed E-state index contributed by atoms with van der Waals surface area (Å²) in [7, 11) is -3.80. The zero-order valence-electron chi connectivity index (χ0n) is 19.4. The summed E-state index contributed by atoms with van der Waals surface area (Å²) in [5.74, 6) is -1.06. The van der Waals surface area contributed by atoms with Crippen molar-refractivity contribution in [3.63, 3.8) is 0 Å². The van der Waals surface area contributed by atoms with Crippen LogP contribution in [0.4, 0.5) is 11.4 Å². The number of carbonyl (C=O) groups is 2. The molecule has 178 valence electrons. The molecule has 0 radical (unpaired) electrons. The summed E-state index contributed by atoms with van der Waals surface area (Å²) in [6.07, 6.45) is 0. The quantitative estimate of drug-likeness (QED) is 0.421. The van der Waals surface area contributed by atoms with Gasteiger partial charge < -0.3 is 9.64 Å². The van der Waals surface area contributed by atoms with E-state index >= 15 is 0 Å². The predicted molar refractivity (Wildman–Crippen MR) is 132 cm³/mol. The molecule has 7 nitrogen and oxygen atoms in total. The van der Waals surface area contributed by atoms with Gasteiger partial charge in [0.2, 0.25) is 0 Å². The van der Waals surface area contributed by atoms with Crippen LogP contribution in [0.15, 0.2) is 89.8 Å². The minimum Gasteiger partial charge on any atom is -0.452 e. The monoisotopic (exact) mass is 480 g/mol. The number of benzene rings is 3. The van der Waals surface area contributed by atoms with Gasteiger partial charge in [-0.2, -0.15) is 0 Å². The van der Waals surface area contributed by atoms with E-state index in [1.807, 2.05) is 50.2 Å². The van der Waals surface area contributed by atoms with Crippen molar-refractivity contribution >= 4 is 33.3 Å². The maximum Gasteiger partial charge on any atom is 0.338 e. The van der Waals surface area contributed by atoms with E-state index in [1.54, 1.807) is 36.1 Å². The number of sulfonamides is 1. The molecular formula is C26H28N2O5S.